The Balaban J connectivity index is 1.50. The van der Waals surface area contributed by atoms with Gasteiger partial charge in [0.25, 0.3) is 5.91 Å². The van der Waals surface area contributed by atoms with Gasteiger partial charge in [-0.3, -0.25) is 14.2 Å². The van der Waals surface area contributed by atoms with Gasteiger partial charge in [-0.25, -0.2) is 4.39 Å². The Kier molecular flexibility index (Phi) is 7.57. The molecule has 1 aromatic heterocycles. The molecule has 4 aromatic rings. The van der Waals surface area contributed by atoms with Crippen molar-refractivity contribution in [3.8, 4) is 5.69 Å². The number of amides is 2. The molecule has 0 aliphatic rings. The standard InChI is InChI=1S/C26H24FN5O2S/c1-17-5-3-7-19(13-17)25(34)28-15-23-30-31-26(32(23)22-8-4-6-18(2)14-22)35-16-24(33)29-21-11-9-20(27)10-12-21/h3-14H,15-16H2,1-2H3,(H,28,34)(H,29,33). The first-order valence-electron chi connectivity index (χ1n) is 10.9. The summed E-state index contributed by atoms with van der Waals surface area (Å²) in [6.07, 6.45) is 0. The van der Waals surface area contributed by atoms with Crippen molar-refractivity contribution in [3.05, 3.63) is 101 Å². The molecule has 0 saturated carbocycles. The van der Waals surface area contributed by atoms with Gasteiger partial charge < -0.3 is 10.6 Å². The number of carbonyl (C=O) groups is 2. The van der Waals surface area contributed by atoms with Gasteiger partial charge in [0.15, 0.2) is 11.0 Å². The normalized spacial score (nSPS) is 10.7. The van der Waals surface area contributed by atoms with Crippen LogP contribution >= 0.6 is 11.8 Å². The first-order valence-corrected chi connectivity index (χ1v) is 11.9. The fourth-order valence-corrected chi connectivity index (χ4v) is 4.21. The van der Waals surface area contributed by atoms with E-state index in [0.29, 0.717) is 22.2 Å². The van der Waals surface area contributed by atoms with Crippen LogP contribution in [0.2, 0.25) is 0 Å². The van der Waals surface area contributed by atoms with E-state index in [0.717, 1.165) is 16.8 Å². The summed E-state index contributed by atoms with van der Waals surface area (Å²) >= 11 is 1.22. The van der Waals surface area contributed by atoms with Gasteiger partial charge in [-0.2, -0.15) is 0 Å². The van der Waals surface area contributed by atoms with E-state index in [2.05, 4.69) is 20.8 Å². The second kappa shape index (κ2) is 11.0. The zero-order valence-corrected chi connectivity index (χ0v) is 20.1. The number of thioether (sulfide) groups is 1. The maximum absolute atomic E-state index is 13.1. The van der Waals surface area contributed by atoms with Crippen molar-refractivity contribution in [3.63, 3.8) is 0 Å². The Labute approximate surface area is 206 Å². The fourth-order valence-electron chi connectivity index (χ4n) is 3.44. The van der Waals surface area contributed by atoms with Gasteiger partial charge in [-0.15, -0.1) is 10.2 Å². The molecule has 7 nitrogen and oxygen atoms in total. The van der Waals surface area contributed by atoms with Crippen molar-refractivity contribution >= 4 is 29.3 Å². The topological polar surface area (TPSA) is 88.9 Å². The molecule has 35 heavy (non-hydrogen) atoms. The molecule has 0 aliphatic carbocycles. The number of rotatable bonds is 8. The van der Waals surface area contributed by atoms with E-state index >= 15 is 0 Å². The summed E-state index contributed by atoms with van der Waals surface area (Å²) in [5.74, 6) is -0.212. The Hall–Kier alpha value is -3.98. The number of hydrogen-bond donors (Lipinski definition) is 2. The quantitative estimate of drug-likeness (QED) is 0.351. The molecule has 2 N–H and O–H groups in total. The number of carbonyl (C=O) groups excluding carboxylic acids is 2. The lowest BCUT2D eigenvalue weighted by Gasteiger charge is -2.12. The molecule has 0 atom stereocenters. The van der Waals surface area contributed by atoms with Crippen LogP contribution in [-0.4, -0.2) is 32.3 Å². The maximum atomic E-state index is 13.1. The first kappa shape index (κ1) is 24.2. The minimum atomic E-state index is -0.370. The molecule has 0 aliphatic heterocycles. The van der Waals surface area contributed by atoms with E-state index in [1.807, 2.05) is 60.9 Å². The van der Waals surface area contributed by atoms with Crippen LogP contribution in [0.5, 0.6) is 0 Å². The molecule has 178 valence electrons. The van der Waals surface area contributed by atoms with Crippen LogP contribution < -0.4 is 10.6 Å². The summed E-state index contributed by atoms with van der Waals surface area (Å²) in [5.41, 5.74) is 3.96. The SMILES string of the molecule is Cc1cccc(C(=O)NCc2nnc(SCC(=O)Nc3ccc(F)cc3)n2-c2cccc(C)c2)c1. The number of nitrogens with zero attached hydrogens (tertiary/aromatic N) is 3. The number of aromatic nitrogens is 3. The molecule has 0 saturated heterocycles. The average Bonchev–Trinajstić information content (AvgIpc) is 3.25. The Morgan fingerprint density at radius 3 is 2.37 bits per heavy atom. The summed E-state index contributed by atoms with van der Waals surface area (Å²) in [6, 6.07) is 20.7. The number of nitrogens with one attached hydrogen (secondary N) is 2. The number of halogens is 1. The maximum Gasteiger partial charge on any atom is 0.251 e. The number of anilines is 1. The molecular formula is C26H24FN5O2S. The second-order valence-electron chi connectivity index (χ2n) is 7.97. The largest absolute Gasteiger partial charge is 0.345 e. The van der Waals surface area contributed by atoms with E-state index in [4.69, 9.17) is 0 Å². The molecule has 1 heterocycles. The van der Waals surface area contributed by atoms with E-state index < -0.39 is 0 Å². The number of aryl methyl sites for hydroxylation is 2. The zero-order chi connectivity index (χ0) is 24.8. The van der Waals surface area contributed by atoms with Gasteiger partial charge in [0.05, 0.1) is 12.3 Å². The smallest absolute Gasteiger partial charge is 0.251 e. The van der Waals surface area contributed by atoms with Crippen LogP contribution in [-0.2, 0) is 11.3 Å². The molecule has 0 fully saturated rings. The van der Waals surface area contributed by atoms with Gasteiger partial charge >= 0.3 is 0 Å². The summed E-state index contributed by atoms with van der Waals surface area (Å²) in [7, 11) is 0. The Bertz CT molecular complexity index is 1350. The highest BCUT2D eigenvalue weighted by molar-refractivity contribution is 7.99. The van der Waals surface area contributed by atoms with Crippen LogP contribution in [0.1, 0.15) is 27.3 Å². The van der Waals surface area contributed by atoms with Gasteiger partial charge in [0, 0.05) is 16.9 Å². The van der Waals surface area contributed by atoms with E-state index in [-0.39, 0.29) is 29.9 Å². The molecule has 3 aromatic carbocycles. The predicted molar refractivity (Wildman–Crippen MR) is 134 cm³/mol. The van der Waals surface area contributed by atoms with Crippen molar-refractivity contribution in [1.29, 1.82) is 0 Å². The summed E-state index contributed by atoms with van der Waals surface area (Å²) < 4.78 is 14.9. The summed E-state index contributed by atoms with van der Waals surface area (Å²) in [4.78, 5) is 25.1. The lowest BCUT2D eigenvalue weighted by Crippen LogP contribution is -2.24. The summed E-state index contributed by atoms with van der Waals surface area (Å²) in [5, 5.41) is 14.7. The van der Waals surface area contributed by atoms with Gasteiger partial charge in [0.2, 0.25) is 5.91 Å². The zero-order valence-electron chi connectivity index (χ0n) is 19.3. The third-order valence-corrected chi connectivity index (χ3v) is 6.04. The van der Waals surface area contributed by atoms with Crippen LogP contribution in [0, 0.1) is 19.7 Å². The lowest BCUT2D eigenvalue weighted by molar-refractivity contribution is -0.113. The molecule has 0 unspecified atom stereocenters. The summed E-state index contributed by atoms with van der Waals surface area (Å²) in [6.45, 7) is 4.08. The lowest BCUT2D eigenvalue weighted by atomic mass is 10.1. The first-order chi connectivity index (χ1) is 16.9. The van der Waals surface area contributed by atoms with E-state index in [1.54, 1.807) is 6.07 Å². The molecule has 0 bridgehead atoms. The fraction of sp³-hybridized carbons (Fsp3) is 0.154. The average molecular weight is 490 g/mol. The van der Waals surface area contributed by atoms with Gasteiger partial charge in [-0.05, 0) is 67.9 Å². The van der Waals surface area contributed by atoms with Crippen LogP contribution in [0.4, 0.5) is 10.1 Å². The van der Waals surface area contributed by atoms with Crippen molar-refractivity contribution in [2.75, 3.05) is 11.1 Å². The minimum Gasteiger partial charge on any atom is -0.345 e. The van der Waals surface area contributed by atoms with Crippen LogP contribution in [0.3, 0.4) is 0 Å². The number of hydrogen-bond acceptors (Lipinski definition) is 5. The molecule has 2 amide bonds. The van der Waals surface area contributed by atoms with Crippen LogP contribution in [0.25, 0.3) is 5.69 Å². The van der Waals surface area contributed by atoms with Gasteiger partial charge in [-0.1, -0.05) is 41.6 Å². The highest BCUT2D eigenvalue weighted by Gasteiger charge is 2.17. The molecule has 9 heteroatoms. The third kappa shape index (κ3) is 6.33. The van der Waals surface area contributed by atoms with E-state index in [1.165, 1.54) is 36.0 Å². The highest BCUT2D eigenvalue weighted by Crippen LogP contribution is 2.23. The van der Waals surface area contributed by atoms with Crippen molar-refractivity contribution < 1.29 is 14.0 Å². The highest BCUT2D eigenvalue weighted by atomic mass is 32.2. The monoisotopic (exact) mass is 489 g/mol. The van der Waals surface area contributed by atoms with Crippen molar-refractivity contribution in [2.45, 2.75) is 25.5 Å². The minimum absolute atomic E-state index is 0.0803. The van der Waals surface area contributed by atoms with Crippen molar-refractivity contribution in [2.24, 2.45) is 0 Å². The van der Waals surface area contributed by atoms with Gasteiger partial charge in [0.1, 0.15) is 5.82 Å². The molecule has 0 spiro atoms. The molecule has 0 radical (unpaired) electrons. The Morgan fingerprint density at radius 2 is 1.66 bits per heavy atom. The van der Waals surface area contributed by atoms with Crippen molar-refractivity contribution in [1.82, 2.24) is 20.1 Å². The predicted octanol–water partition coefficient (Wildman–Crippen LogP) is 4.68. The van der Waals surface area contributed by atoms with E-state index in [9.17, 15) is 14.0 Å². The molecule has 4 rings (SSSR count). The number of benzene rings is 3. The molecular weight excluding hydrogens is 465 g/mol. The third-order valence-electron chi connectivity index (χ3n) is 5.11. The Morgan fingerprint density at radius 1 is 0.943 bits per heavy atom. The van der Waals surface area contributed by atoms with Crippen LogP contribution in [0.15, 0.2) is 78.0 Å². The second-order valence-corrected chi connectivity index (χ2v) is 8.91.